The van der Waals surface area contributed by atoms with Crippen LogP contribution < -0.4 is 5.32 Å². The normalized spacial score (nSPS) is 15.4. The number of nitrogens with one attached hydrogen (secondary N) is 1. The van der Waals surface area contributed by atoms with Crippen molar-refractivity contribution in [2.45, 2.75) is 4.90 Å². The van der Waals surface area contributed by atoms with Crippen molar-refractivity contribution in [1.82, 2.24) is 4.98 Å². The Morgan fingerprint density at radius 3 is 3.27 bits per heavy atom. The Bertz CT molecular complexity index is 277. The largest absolute Gasteiger partial charge is 0.382 e. The van der Waals surface area contributed by atoms with E-state index in [1.807, 2.05) is 24.2 Å². The van der Waals surface area contributed by atoms with Crippen LogP contribution in [0.15, 0.2) is 21.8 Å². The second-order valence-corrected chi connectivity index (χ2v) is 4.23. The van der Waals surface area contributed by atoms with Gasteiger partial charge in [0.25, 0.3) is 0 Å². The zero-order valence-electron chi connectivity index (χ0n) is 5.80. The van der Waals surface area contributed by atoms with Gasteiger partial charge in [-0.1, -0.05) is 0 Å². The molecule has 0 aromatic carbocycles. The molecule has 0 saturated heterocycles. The highest BCUT2D eigenvalue weighted by molar-refractivity contribution is 9.10. The monoisotopic (exact) mass is 230 g/mol. The van der Waals surface area contributed by atoms with Gasteiger partial charge < -0.3 is 5.32 Å². The zero-order valence-corrected chi connectivity index (χ0v) is 8.20. The molecule has 0 amide bonds. The Morgan fingerprint density at radius 2 is 2.45 bits per heavy atom. The van der Waals surface area contributed by atoms with Gasteiger partial charge in [-0.05, 0) is 15.9 Å². The summed E-state index contributed by atoms with van der Waals surface area (Å²) in [5.41, 5.74) is 1.15. The number of anilines is 1. The van der Waals surface area contributed by atoms with Gasteiger partial charge in [-0.3, -0.25) is 4.98 Å². The highest BCUT2D eigenvalue weighted by atomic mass is 79.9. The topological polar surface area (TPSA) is 24.9 Å². The fourth-order valence-corrected chi connectivity index (χ4v) is 2.59. The molecule has 2 nitrogen and oxygen atoms in total. The minimum Gasteiger partial charge on any atom is -0.382 e. The van der Waals surface area contributed by atoms with Crippen LogP contribution in [-0.4, -0.2) is 17.3 Å². The standard InChI is InChI=1S/C7H7BrN2S/c8-5-3-9-4-6-7(5)11-2-1-10-6/h3-4,10H,1-2H2. The number of halogens is 1. The summed E-state index contributed by atoms with van der Waals surface area (Å²) in [7, 11) is 0. The van der Waals surface area contributed by atoms with Crippen molar-refractivity contribution in [2.24, 2.45) is 0 Å². The predicted octanol–water partition coefficient (Wildman–Crippen LogP) is 2.36. The molecule has 0 spiro atoms. The van der Waals surface area contributed by atoms with Gasteiger partial charge in [-0.25, -0.2) is 0 Å². The van der Waals surface area contributed by atoms with Gasteiger partial charge in [0.15, 0.2) is 0 Å². The Labute approximate surface area is 77.9 Å². The van der Waals surface area contributed by atoms with E-state index in [0.29, 0.717) is 0 Å². The van der Waals surface area contributed by atoms with E-state index < -0.39 is 0 Å². The van der Waals surface area contributed by atoms with Crippen LogP contribution in [0.4, 0.5) is 5.69 Å². The Morgan fingerprint density at radius 1 is 1.55 bits per heavy atom. The molecular formula is C7H7BrN2S. The van der Waals surface area contributed by atoms with Gasteiger partial charge in [0.2, 0.25) is 0 Å². The molecule has 0 radical (unpaired) electrons. The third-order valence-electron chi connectivity index (χ3n) is 1.52. The lowest BCUT2D eigenvalue weighted by Crippen LogP contribution is -2.10. The smallest absolute Gasteiger partial charge is 0.0676 e. The molecule has 0 fully saturated rings. The quantitative estimate of drug-likeness (QED) is 0.741. The first kappa shape index (κ1) is 7.43. The Kier molecular flexibility index (Phi) is 2.05. The number of nitrogens with zero attached hydrogens (tertiary/aromatic N) is 1. The molecule has 4 heteroatoms. The van der Waals surface area contributed by atoms with Crippen molar-refractivity contribution in [3.8, 4) is 0 Å². The summed E-state index contributed by atoms with van der Waals surface area (Å²) < 4.78 is 1.09. The highest BCUT2D eigenvalue weighted by Crippen LogP contribution is 2.35. The van der Waals surface area contributed by atoms with E-state index in [1.54, 1.807) is 0 Å². The van der Waals surface area contributed by atoms with Crippen LogP contribution in [0.3, 0.4) is 0 Å². The van der Waals surface area contributed by atoms with Crippen molar-refractivity contribution in [1.29, 1.82) is 0 Å². The van der Waals surface area contributed by atoms with Crippen molar-refractivity contribution >= 4 is 33.4 Å². The second kappa shape index (κ2) is 3.03. The van der Waals surface area contributed by atoms with Crippen LogP contribution in [-0.2, 0) is 0 Å². The summed E-state index contributed by atoms with van der Waals surface area (Å²) in [5.74, 6) is 1.13. The van der Waals surface area contributed by atoms with Crippen LogP contribution in [0.2, 0.25) is 0 Å². The molecule has 0 bridgehead atoms. The molecule has 2 heterocycles. The molecule has 0 saturated carbocycles. The Hall–Kier alpha value is -0.220. The number of aromatic nitrogens is 1. The maximum Gasteiger partial charge on any atom is 0.0676 e. The van der Waals surface area contributed by atoms with E-state index in [0.717, 1.165) is 22.5 Å². The lowest BCUT2D eigenvalue weighted by Gasteiger charge is -2.17. The zero-order chi connectivity index (χ0) is 7.68. The molecule has 58 valence electrons. The van der Waals surface area contributed by atoms with Gasteiger partial charge in [0, 0.05) is 23.4 Å². The molecule has 1 aromatic rings. The number of hydrogen-bond acceptors (Lipinski definition) is 3. The van der Waals surface area contributed by atoms with E-state index in [2.05, 4.69) is 26.2 Å². The Balaban J connectivity index is 2.49. The van der Waals surface area contributed by atoms with Crippen LogP contribution in [0.1, 0.15) is 0 Å². The first-order chi connectivity index (χ1) is 5.38. The SMILES string of the molecule is Brc1cncc2c1SCCN2. The molecule has 1 aromatic heterocycles. The summed E-state index contributed by atoms with van der Waals surface area (Å²) in [4.78, 5) is 5.36. The predicted molar refractivity (Wildman–Crippen MR) is 51.2 cm³/mol. The van der Waals surface area contributed by atoms with Gasteiger partial charge in [-0.15, -0.1) is 11.8 Å². The molecule has 2 rings (SSSR count). The van der Waals surface area contributed by atoms with E-state index in [4.69, 9.17) is 0 Å². The minimum atomic E-state index is 1.04. The van der Waals surface area contributed by atoms with E-state index in [1.165, 1.54) is 4.90 Å². The number of pyridine rings is 1. The van der Waals surface area contributed by atoms with Crippen LogP contribution in [0.25, 0.3) is 0 Å². The summed E-state index contributed by atoms with van der Waals surface area (Å²) in [6.45, 7) is 1.04. The lowest BCUT2D eigenvalue weighted by atomic mass is 10.4. The third-order valence-corrected chi connectivity index (χ3v) is 3.52. The van der Waals surface area contributed by atoms with Crippen molar-refractivity contribution < 1.29 is 0 Å². The van der Waals surface area contributed by atoms with Gasteiger partial charge in [0.05, 0.1) is 16.4 Å². The number of thioether (sulfide) groups is 1. The van der Waals surface area contributed by atoms with Crippen molar-refractivity contribution in [2.75, 3.05) is 17.6 Å². The molecule has 0 unspecified atom stereocenters. The average Bonchev–Trinajstić information content (AvgIpc) is 2.06. The van der Waals surface area contributed by atoms with Crippen LogP contribution in [0.5, 0.6) is 0 Å². The number of hydrogen-bond donors (Lipinski definition) is 1. The summed E-state index contributed by atoms with van der Waals surface area (Å²) in [6.07, 6.45) is 3.70. The van der Waals surface area contributed by atoms with Crippen molar-refractivity contribution in [3.05, 3.63) is 16.9 Å². The average molecular weight is 231 g/mol. The van der Waals surface area contributed by atoms with E-state index in [-0.39, 0.29) is 0 Å². The first-order valence-corrected chi connectivity index (χ1v) is 5.16. The highest BCUT2D eigenvalue weighted by Gasteiger charge is 2.11. The molecule has 0 aliphatic carbocycles. The van der Waals surface area contributed by atoms with Crippen LogP contribution in [0, 0.1) is 0 Å². The first-order valence-electron chi connectivity index (χ1n) is 3.38. The second-order valence-electron chi connectivity index (χ2n) is 2.27. The maximum absolute atomic E-state index is 4.07. The van der Waals surface area contributed by atoms with E-state index in [9.17, 15) is 0 Å². The van der Waals surface area contributed by atoms with E-state index >= 15 is 0 Å². The van der Waals surface area contributed by atoms with Crippen molar-refractivity contribution in [3.63, 3.8) is 0 Å². The molecule has 1 aliphatic rings. The lowest BCUT2D eigenvalue weighted by molar-refractivity contribution is 1.12. The number of rotatable bonds is 0. The summed E-state index contributed by atoms with van der Waals surface area (Å²) in [6, 6.07) is 0. The fourth-order valence-electron chi connectivity index (χ4n) is 1.03. The van der Waals surface area contributed by atoms with Gasteiger partial charge in [0.1, 0.15) is 0 Å². The summed E-state index contributed by atoms with van der Waals surface area (Å²) >= 11 is 5.32. The summed E-state index contributed by atoms with van der Waals surface area (Å²) in [5, 5.41) is 3.29. The molecule has 1 N–H and O–H groups in total. The fraction of sp³-hybridized carbons (Fsp3) is 0.286. The van der Waals surface area contributed by atoms with Gasteiger partial charge in [-0.2, -0.15) is 0 Å². The number of fused-ring (bicyclic) bond motifs is 1. The van der Waals surface area contributed by atoms with Crippen LogP contribution >= 0.6 is 27.7 Å². The molecule has 11 heavy (non-hydrogen) atoms. The minimum absolute atomic E-state index is 1.04. The molecule has 0 atom stereocenters. The third kappa shape index (κ3) is 1.37. The van der Waals surface area contributed by atoms with Gasteiger partial charge >= 0.3 is 0 Å². The molecule has 1 aliphatic heterocycles. The maximum atomic E-state index is 4.07. The molecular weight excluding hydrogens is 224 g/mol.